The smallest absolute Gasteiger partial charge is 0.350 e. The molecule has 0 radical (unpaired) electrons. The van der Waals surface area contributed by atoms with E-state index in [1.807, 2.05) is 0 Å². The van der Waals surface area contributed by atoms with Gasteiger partial charge < -0.3 is 19.7 Å². The second-order valence-corrected chi connectivity index (χ2v) is 6.40. The van der Waals surface area contributed by atoms with Gasteiger partial charge in [-0.2, -0.15) is 0 Å². The van der Waals surface area contributed by atoms with Crippen molar-refractivity contribution in [1.82, 2.24) is 0 Å². The van der Waals surface area contributed by atoms with E-state index in [9.17, 15) is 23.2 Å². The highest BCUT2D eigenvalue weighted by Gasteiger charge is 2.35. The highest BCUT2D eigenvalue weighted by Crippen LogP contribution is 2.33. The van der Waals surface area contributed by atoms with Gasteiger partial charge in [0.2, 0.25) is 12.0 Å². The highest BCUT2D eigenvalue weighted by atomic mass is 19.1. The lowest BCUT2D eigenvalue weighted by atomic mass is 10.2. The van der Waals surface area contributed by atoms with E-state index in [0.717, 1.165) is 18.2 Å². The summed E-state index contributed by atoms with van der Waals surface area (Å²) in [7, 11) is 0. The fourth-order valence-electron chi connectivity index (χ4n) is 2.79. The minimum Gasteiger partial charge on any atom is -0.475 e. The topological polar surface area (TPSA) is 84.9 Å². The molecule has 2 aromatic carbocycles. The van der Waals surface area contributed by atoms with Crippen LogP contribution in [0.4, 0.5) is 20.2 Å². The Morgan fingerprint density at radius 3 is 2.66 bits per heavy atom. The number of hydrogen-bond donors (Lipinski definition) is 1. The number of halogens is 2. The molecule has 0 spiro atoms. The molecule has 9 heteroatoms. The molecule has 1 heterocycles. The Morgan fingerprint density at radius 2 is 1.93 bits per heavy atom. The second-order valence-electron chi connectivity index (χ2n) is 6.40. The number of benzene rings is 2. The molecule has 0 fully saturated rings. The molecule has 29 heavy (non-hydrogen) atoms. The monoisotopic (exact) mass is 404 g/mol. The van der Waals surface area contributed by atoms with Crippen LogP contribution < -0.4 is 15.0 Å². The zero-order valence-corrected chi connectivity index (χ0v) is 15.6. The van der Waals surface area contributed by atoms with E-state index in [4.69, 9.17) is 9.47 Å². The Kier molecular flexibility index (Phi) is 5.76. The number of esters is 1. The number of hydrogen-bond acceptors (Lipinski definition) is 5. The first-order valence-electron chi connectivity index (χ1n) is 8.76. The number of ether oxygens (including phenoxy) is 2. The summed E-state index contributed by atoms with van der Waals surface area (Å²) in [5.41, 5.74) is 0.153. The van der Waals surface area contributed by atoms with Crippen molar-refractivity contribution in [3.63, 3.8) is 0 Å². The van der Waals surface area contributed by atoms with E-state index < -0.39 is 35.7 Å². The molecular formula is C20H18F2N2O5. The van der Waals surface area contributed by atoms with Gasteiger partial charge in [0.15, 0.2) is 6.10 Å². The zero-order chi connectivity index (χ0) is 21.1. The summed E-state index contributed by atoms with van der Waals surface area (Å²) < 4.78 is 37.6. The number of rotatable bonds is 4. The maximum Gasteiger partial charge on any atom is 0.350 e. The van der Waals surface area contributed by atoms with Crippen molar-refractivity contribution in [1.29, 1.82) is 0 Å². The van der Waals surface area contributed by atoms with Gasteiger partial charge in [-0.1, -0.05) is 12.1 Å². The van der Waals surface area contributed by atoms with Crippen molar-refractivity contribution in [2.24, 2.45) is 0 Å². The first kappa shape index (κ1) is 20.2. The fraction of sp³-hybridized carbons (Fsp3) is 0.250. The summed E-state index contributed by atoms with van der Waals surface area (Å²) in [6, 6.07) is 9.30. The minimum atomic E-state index is -1.31. The van der Waals surface area contributed by atoms with Gasteiger partial charge in [0.05, 0.1) is 17.9 Å². The Morgan fingerprint density at radius 1 is 1.21 bits per heavy atom. The fourth-order valence-corrected chi connectivity index (χ4v) is 2.79. The van der Waals surface area contributed by atoms with Gasteiger partial charge in [-0.05, 0) is 31.2 Å². The van der Waals surface area contributed by atoms with Gasteiger partial charge in [-0.15, -0.1) is 0 Å². The van der Waals surface area contributed by atoms with Crippen LogP contribution in [0, 0.1) is 11.6 Å². The van der Waals surface area contributed by atoms with Gasteiger partial charge in [0.25, 0.3) is 5.91 Å². The van der Waals surface area contributed by atoms with E-state index in [-0.39, 0.29) is 18.1 Å². The summed E-state index contributed by atoms with van der Waals surface area (Å²) in [6.07, 6.45) is -2.45. The van der Waals surface area contributed by atoms with Crippen molar-refractivity contribution >= 4 is 29.2 Å². The molecule has 0 aliphatic carbocycles. The molecule has 2 aromatic rings. The molecule has 0 aromatic heterocycles. The van der Waals surface area contributed by atoms with Gasteiger partial charge >= 0.3 is 5.97 Å². The van der Waals surface area contributed by atoms with Crippen LogP contribution in [0.5, 0.6) is 5.75 Å². The molecule has 1 aliphatic heterocycles. The second kappa shape index (κ2) is 8.26. The van der Waals surface area contributed by atoms with E-state index >= 15 is 0 Å². The number of amides is 2. The van der Waals surface area contributed by atoms with Crippen LogP contribution >= 0.6 is 0 Å². The number of fused-ring (bicyclic) bond motifs is 1. The normalized spacial score (nSPS) is 16.3. The van der Waals surface area contributed by atoms with Gasteiger partial charge in [0.1, 0.15) is 17.4 Å². The first-order chi connectivity index (χ1) is 13.8. The van der Waals surface area contributed by atoms with Gasteiger partial charge in [0, 0.05) is 13.0 Å². The number of nitrogens with zero attached hydrogens (tertiary/aromatic N) is 1. The molecule has 0 saturated carbocycles. The molecule has 2 amide bonds. The third-order valence-electron chi connectivity index (χ3n) is 4.27. The molecule has 7 nitrogen and oxygen atoms in total. The zero-order valence-electron chi connectivity index (χ0n) is 15.6. The van der Waals surface area contributed by atoms with Gasteiger partial charge in [-0.25, -0.2) is 13.6 Å². The number of carbonyl (C=O) groups is 3. The predicted molar refractivity (Wildman–Crippen MR) is 99.4 cm³/mol. The number of nitrogens with one attached hydrogen (secondary N) is 1. The van der Waals surface area contributed by atoms with Crippen LogP contribution in [-0.4, -0.2) is 36.5 Å². The van der Waals surface area contributed by atoms with E-state index in [2.05, 4.69) is 5.32 Å². The quantitative estimate of drug-likeness (QED) is 0.792. The Labute approximate surface area is 165 Å². The number of para-hydroxylation sites is 2. The number of anilines is 2. The Bertz CT molecular complexity index is 966. The average molecular weight is 404 g/mol. The summed E-state index contributed by atoms with van der Waals surface area (Å²) in [5.74, 6) is -3.23. The molecule has 0 bridgehead atoms. The maximum absolute atomic E-state index is 13.7. The first-order valence-corrected chi connectivity index (χ1v) is 8.76. The predicted octanol–water partition coefficient (Wildman–Crippen LogP) is 2.65. The molecule has 3 rings (SSSR count). The lowest BCUT2D eigenvalue weighted by Crippen LogP contribution is -2.48. The number of carbonyl (C=O) groups excluding carboxylic acids is 3. The maximum atomic E-state index is 13.7. The van der Waals surface area contributed by atoms with Crippen LogP contribution in [0.1, 0.15) is 13.8 Å². The third kappa shape index (κ3) is 4.50. The van der Waals surface area contributed by atoms with Crippen molar-refractivity contribution in [2.45, 2.75) is 26.1 Å². The molecule has 1 N–H and O–H groups in total. The molecule has 152 valence electrons. The standard InChI is InChI=1S/C20H18F2N2O5/c1-11(19(26)23-15-9-13(21)7-8-14(15)22)28-20(27)18-10-24(12(2)25)16-5-3-4-6-17(16)29-18/h3-9,11,18H,10H2,1-2H3,(H,23,26)/t11-,18+/m0/s1. The van der Waals surface area contributed by atoms with Crippen LogP contribution in [0.2, 0.25) is 0 Å². The lowest BCUT2D eigenvalue weighted by Gasteiger charge is -2.33. The molecule has 1 aliphatic rings. The Balaban J connectivity index is 1.67. The van der Waals surface area contributed by atoms with Crippen LogP contribution in [0.15, 0.2) is 42.5 Å². The molecular weight excluding hydrogens is 386 g/mol. The van der Waals surface area contributed by atoms with E-state index in [1.165, 1.54) is 18.7 Å². The van der Waals surface area contributed by atoms with Gasteiger partial charge in [-0.3, -0.25) is 9.59 Å². The molecule has 2 atom stereocenters. The largest absolute Gasteiger partial charge is 0.475 e. The summed E-state index contributed by atoms with van der Waals surface area (Å²) in [4.78, 5) is 37.9. The van der Waals surface area contributed by atoms with Crippen LogP contribution in [-0.2, 0) is 19.1 Å². The summed E-state index contributed by atoms with van der Waals surface area (Å²) in [5, 5.41) is 2.17. The third-order valence-corrected chi connectivity index (χ3v) is 4.27. The van der Waals surface area contributed by atoms with Crippen molar-refractivity contribution < 1.29 is 32.6 Å². The van der Waals surface area contributed by atoms with Crippen molar-refractivity contribution in [3.05, 3.63) is 54.1 Å². The summed E-state index contributed by atoms with van der Waals surface area (Å²) >= 11 is 0. The minimum absolute atomic E-state index is 0.0853. The van der Waals surface area contributed by atoms with Crippen molar-refractivity contribution in [3.8, 4) is 5.75 Å². The molecule has 0 unspecified atom stereocenters. The summed E-state index contributed by atoms with van der Waals surface area (Å²) in [6.45, 7) is 2.55. The van der Waals surface area contributed by atoms with Crippen LogP contribution in [0.25, 0.3) is 0 Å². The average Bonchev–Trinajstić information content (AvgIpc) is 2.69. The Hall–Kier alpha value is -3.49. The highest BCUT2D eigenvalue weighted by molar-refractivity contribution is 5.97. The van der Waals surface area contributed by atoms with E-state index in [1.54, 1.807) is 24.3 Å². The molecule has 0 saturated heterocycles. The van der Waals surface area contributed by atoms with E-state index in [0.29, 0.717) is 11.4 Å². The van der Waals surface area contributed by atoms with Crippen LogP contribution in [0.3, 0.4) is 0 Å². The lowest BCUT2D eigenvalue weighted by molar-refractivity contribution is -0.160. The van der Waals surface area contributed by atoms with Crippen molar-refractivity contribution in [2.75, 3.05) is 16.8 Å². The SMILES string of the molecule is CC(=O)N1C[C@H](C(=O)O[C@@H](C)C(=O)Nc2cc(F)ccc2F)Oc2ccccc21.